The molecule has 0 unspecified atom stereocenters. The van der Waals surface area contributed by atoms with Crippen molar-refractivity contribution >= 4 is 23.2 Å². The lowest BCUT2D eigenvalue weighted by Crippen LogP contribution is -2.40. The topological polar surface area (TPSA) is 96.8 Å². The summed E-state index contributed by atoms with van der Waals surface area (Å²) in [5.74, 6) is 0.422. The first-order chi connectivity index (χ1) is 14.7. The van der Waals surface area contributed by atoms with Crippen LogP contribution >= 0.6 is 0 Å². The van der Waals surface area contributed by atoms with Crippen LogP contribution in [-0.4, -0.2) is 47.1 Å². The van der Waals surface area contributed by atoms with Crippen LogP contribution in [-0.2, 0) is 4.74 Å². The minimum Gasteiger partial charge on any atom is -0.378 e. The molecule has 0 bridgehead atoms. The van der Waals surface area contributed by atoms with Crippen LogP contribution in [0, 0.1) is 11.8 Å². The molecule has 1 aromatic heterocycles. The van der Waals surface area contributed by atoms with E-state index in [2.05, 4.69) is 20.5 Å². The van der Waals surface area contributed by atoms with Crippen LogP contribution in [0.4, 0.5) is 17.3 Å². The van der Waals surface area contributed by atoms with E-state index in [9.17, 15) is 9.70 Å². The summed E-state index contributed by atoms with van der Waals surface area (Å²) in [7, 11) is 0. The molecule has 3 aromatic rings. The predicted molar refractivity (Wildman–Crippen MR) is 114 cm³/mol. The van der Waals surface area contributed by atoms with Crippen LogP contribution in [0.3, 0.4) is 0 Å². The van der Waals surface area contributed by atoms with Gasteiger partial charge in [-0.3, -0.25) is 4.79 Å². The molecule has 1 amide bonds. The molecular formula is C22H21N5O3. The smallest absolute Gasteiger partial charge is 0.254 e. The molecule has 1 aliphatic rings. The first kappa shape index (κ1) is 19.7. The minimum absolute atomic E-state index is 0.00208. The Kier molecular flexibility index (Phi) is 5.76. The molecule has 0 aliphatic carbocycles. The third kappa shape index (κ3) is 4.18. The number of hydrogen-bond acceptors (Lipinski definition) is 7. The second kappa shape index (κ2) is 8.79. The highest BCUT2D eigenvalue weighted by Gasteiger charge is 2.18. The molecule has 1 saturated heterocycles. The van der Waals surface area contributed by atoms with Crippen molar-refractivity contribution in [3.63, 3.8) is 0 Å². The molecule has 4 rings (SSSR count). The number of anilines is 2. The van der Waals surface area contributed by atoms with Gasteiger partial charge in [-0.05, 0) is 54.1 Å². The van der Waals surface area contributed by atoms with Gasteiger partial charge in [-0.25, -0.2) is 9.97 Å². The lowest BCUT2D eigenvalue weighted by Gasteiger charge is -2.26. The first-order valence-electron chi connectivity index (χ1n) is 9.66. The molecule has 1 aliphatic heterocycles. The Hall–Kier alpha value is -3.65. The van der Waals surface area contributed by atoms with Gasteiger partial charge in [0.2, 0.25) is 5.95 Å². The summed E-state index contributed by atoms with van der Waals surface area (Å²) in [6.07, 6.45) is 1.65. The second-order valence-electron chi connectivity index (χ2n) is 6.91. The van der Waals surface area contributed by atoms with E-state index in [1.54, 1.807) is 41.4 Å². The van der Waals surface area contributed by atoms with E-state index >= 15 is 0 Å². The van der Waals surface area contributed by atoms with Crippen LogP contribution in [0.15, 0.2) is 59.9 Å². The van der Waals surface area contributed by atoms with E-state index in [1.807, 2.05) is 25.1 Å². The van der Waals surface area contributed by atoms with Crippen LogP contribution in [0.25, 0.3) is 11.3 Å². The van der Waals surface area contributed by atoms with Crippen molar-refractivity contribution in [3.8, 4) is 11.3 Å². The molecule has 152 valence electrons. The van der Waals surface area contributed by atoms with E-state index in [-0.39, 0.29) is 5.91 Å². The summed E-state index contributed by atoms with van der Waals surface area (Å²) >= 11 is 0. The Morgan fingerprint density at radius 3 is 2.60 bits per heavy atom. The second-order valence-corrected chi connectivity index (χ2v) is 6.91. The van der Waals surface area contributed by atoms with Crippen molar-refractivity contribution in [2.45, 2.75) is 6.92 Å². The summed E-state index contributed by atoms with van der Waals surface area (Å²) in [4.78, 5) is 34.1. The van der Waals surface area contributed by atoms with Crippen molar-refractivity contribution in [2.24, 2.45) is 5.18 Å². The zero-order valence-corrected chi connectivity index (χ0v) is 16.5. The van der Waals surface area contributed by atoms with Gasteiger partial charge in [-0.15, -0.1) is 4.91 Å². The van der Waals surface area contributed by atoms with Crippen molar-refractivity contribution in [1.29, 1.82) is 0 Å². The Balaban J connectivity index is 1.50. The zero-order chi connectivity index (χ0) is 20.9. The standard InChI is InChI=1S/C22H21N5O3/c1-15-18(3-2-4-19(15)26-29)20-9-10-23-22(25-20)24-17-7-5-16(6-8-17)21(28)27-11-13-30-14-12-27/h2-10H,11-14H2,1H3,(H,23,24,25). The summed E-state index contributed by atoms with van der Waals surface area (Å²) in [6.45, 7) is 4.21. The zero-order valence-electron chi connectivity index (χ0n) is 16.5. The van der Waals surface area contributed by atoms with Gasteiger partial charge in [0, 0.05) is 36.1 Å². The molecular weight excluding hydrogens is 382 g/mol. The maximum absolute atomic E-state index is 12.6. The molecule has 0 spiro atoms. The average molecular weight is 403 g/mol. The van der Waals surface area contributed by atoms with Crippen LogP contribution < -0.4 is 5.32 Å². The summed E-state index contributed by atoms with van der Waals surface area (Å²) < 4.78 is 5.29. The number of nitrogens with one attached hydrogen (secondary N) is 1. The Morgan fingerprint density at radius 2 is 1.87 bits per heavy atom. The minimum atomic E-state index is 0.00208. The van der Waals surface area contributed by atoms with Gasteiger partial charge in [0.1, 0.15) is 5.69 Å². The molecule has 8 nitrogen and oxygen atoms in total. The third-order valence-corrected chi connectivity index (χ3v) is 5.02. The average Bonchev–Trinajstić information content (AvgIpc) is 2.80. The molecule has 2 aromatic carbocycles. The fourth-order valence-electron chi connectivity index (χ4n) is 3.34. The van der Waals surface area contributed by atoms with Crippen molar-refractivity contribution in [3.05, 3.63) is 70.8 Å². The third-order valence-electron chi connectivity index (χ3n) is 5.02. The number of carbonyl (C=O) groups is 1. The summed E-state index contributed by atoms with van der Waals surface area (Å²) in [5, 5.41) is 6.21. The summed E-state index contributed by atoms with van der Waals surface area (Å²) in [5.41, 5.74) is 4.07. The number of ether oxygens (including phenoxy) is 1. The highest BCUT2D eigenvalue weighted by molar-refractivity contribution is 5.94. The fraction of sp³-hybridized carbons (Fsp3) is 0.227. The number of hydrogen-bond donors (Lipinski definition) is 1. The van der Waals surface area contributed by atoms with Crippen LogP contribution in [0.1, 0.15) is 15.9 Å². The van der Waals surface area contributed by atoms with Crippen molar-refractivity contribution in [2.75, 3.05) is 31.6 Å². The van der Waals surface area contributed by atoms with E-state index < -0.39 is 0 Å². The maximum Gasteiger partial charge on any atom is 0.254 e. The van der Waals surface area contributed by atoms with E-state index in [0.29, 0.717) is 49.2 Å². The van der Waals surface area contributed by atoms with Gasteiger partial charge in [-0.1, -0.05) is 12.1 Å². The monoisotopic (exact) mass is 403 g/mol. The number of morpholine rings is 1. The van der Waals surface area contributed by atoms with E-state index in [1.165, 1.54) is 0 Å². The Labute approximate surface area is 173 Å². The highest BCUT2D eigenvalue weighted by Crippen LogP contribution is 2.29. The van der Waals surface area contributed by atoms with Gasteiger partial charge in [0.05, 0.1) is 18.9 Å². The van der Waals surface area contributed by atoms with Gasteiger partial charge < -0.3 is 15.0 Å². The largest absolute Gasteiger partial charge is 0.378 e. The molecule has 1 N–H and O–H groups in total. The fourth-order valence-corrected chi connectivity index (χ4v) is 3.34. The van der Waals surface area contributed by atoms with E-state index in [4.69, 9.17) is 4.74 Å². The Morgan fingerprint density at radius 1 is 1.10 bits per heavy atom. The highest BCUT2D eigenvalue weighted by atomic mass is 16.5. The quantitative estimate of drug-likeness (QED) is 0.645. The maximum atomic E-state index is 12.6. The van der Waals surface area contributed by atoms with Crippen molar-refractivity contribution in [1.82, 2.24) is 14.9 Å². The lowest BCUT2D eigenvalue weighted by molar-refractivity contribution is 0.0303. The molecule has 2 heterocycles. The molecule has 30 heavy (non-hydrogen) atoms. The Bertz CT molecular complexity index is 1060. The van der Waals surface area contributed by atoms with Crippen molar-refractivity contribution < 1.29 is 9.53 Å². The SMILES string of the molecule is Cc1c(N=O)cccc1-c1ccnc(Nc2ccc(C(=O)N3CCOCC3)cc2)n1. The summed E-state index contributed by atoms with van der Waals surface area (Å²) in [6, 6.07) is 14.3. The predicted octanol–water partition coefficient (Wildman–Crippen LogP) is 4.07. The normalized spacial score (nSPS) is 13.7. The number of aromatic nitrogens is 2. The molecule has 1 fully saturated rings. The van der Waals surface area contributed by atoms with E-state index in [0.717, 1.165) is 16.8 Å². The number of rotatable bonds is 5. The molecule has 0 atom stereocenters. The lowest BCUT2D eigenvalue weighted by atomic mass is 10.0. The number of benzene rings is 2. The van der Waals surface area contributed by atoms with Gasteiger partial charge in [0.15, 0.2) is 0 Å². The van der Waals surface area contributed by atoms with Crippen LogP contribution in [0.5, 0.6) is 0 Å². The number of amides is 1. The van der Waals surface area contributed by atoms with Gasteiger partial charge in [-0.2, -0.15) is 0 Å². The number of nitroso groups, excluding NO2 is 1. The first-order valence-corrected chi connectivity index (χ1v) is 9.66. The number of carbonyl (C=O) groups excluding carboxylic acids is 1. The number of nitrogens with zero attached hydrogens (tertiary/aromatic N) is 4. The molecule has 0 saturated carbocycles. The van der Waals surface area contributed by atoms with Gasteiger partial charge in [0.25, 0.3) is 5.91 Å². The van der Waals surface area contributed by atoms with Gasteiger partial charge >= 0.3 is 0 Å². The molecule has 0 radical (unpaired) electrons. The van der Waals surface area contributed by atoms with Crippen LogP contribution in [0.2, 0.25) is 0 Å². The molecule has 8 heteroatoms.